The summed E-state index contributed by atoms with van der Waals surface area (Å²) in [5.74, 6) is 0.279. The highest BCUT2D eigenvalue weighted by molar-refractivity contribution is 7.99. The van der Waals surface area contributed by atoms with Crippen molar-refractivity contribution in [3.63, 3.8) is 0 Å². The summed E-state index contributed by atoms with van der Waals surface area (Å²) in [7, 11) is 0. The van der Waals surface area contributed by atoms with Crippen molar-refractivity contribution in [3.8, 4) is 0 Å². The number of thioether (sulfide) groups is 1. The van der Waals surface area contributed by atoms with Crippen molar-refractivity contribution in [3.05, 3.63) is 10.4 Å². The van der Waals surface area contributed by atoms with Crippen molar-refractivity contribution in [2.45, 2.75) is 84.8 Å². The number of aromatic amines is 1. The molecule has 0 bridgehead atoms. The standard InChI is InChI=1S/C24H41N5O7S/c1-6-8-10-33-18(4)35-13-12-32-16-29-21-20(22(31)28-23(27-21)25-17(3)30)26-24(29)37-15-14-36-19(5)34-11-9-7-2/h18-19H,6-16H2,1-5H3,(H2,25,27,28,30,31). The van der Waals surface area contributed by atoms with Crippen molar-refractivity contribution >= 4 is 34.8 Å². The fraction of sp³-hybridized carbons (Fsp3) is 0.750. The topological polar surface area (TPSA) is 139 Å². The Bertz CT molecular complexity index is 1000. The molecule has 37 heavy (non-hydrogen) atoms. The fourth-order valence-electron chi connectivity index (χ4n) is 3.10. The van der Waals surface area contributed by atoms with Crippen LogP contribution in [0.1, 0.15) is 60.3 Å². The van der Waals surface area contributed by atoms with Crippen LogP contribution in [0.2, 0.25) is 0 Å². The van der Waals surface area contributed by atoms with Crippen LogP contribution in [0.25, 0.3) is 11.2 Å². The lowest BCUT2D eigenvalue weighted by Gasteiger charge is -2.15. The number of carbonyl (C=O) groups excluding carboxylic acids is 1. The number of imidazole rings is 1. The molecule has 0 aliphatic rings. The first kappa shape index (κ1) is 31.2. The lowest BCUT2D eigenvalue weighted by Crippen LogP contribution is -2.18. The highest BCUT2D eigenvalue weighted by Gasteiger charge is 2.17. The van der Waals surface area contributed by atoms with Gasteiger partial charge in [0.1, 0.15) is 6.73 Å². The molecule has 0 aliphatic carbocycles. The number of unbranched alkanes of at least 4 members (excludes halogenated alkanes) is 2. The number of rotatable bonds is 20. The third-order valence-electron chi connectivity index (χ3n) is 5.03. The van der Waals surface area contributed by atoms with Crippen LogP contribution < -0.4 is 10.9 Å². The first-order valence-corrected chi connectivity index (χ1v) is 13.8. The molecule has 0 saturated carbocycles. The molecule has 2 heterocycles. The van der Waals surface area contributed by atoms with Gasteiger partial charge in [0.25, 0.3) is 5.56 Å². The monoisotopic (exact) mass is 543 g/mol. The maximum atomic E-state index is 12.6. The van der Waals surface area contributed by atoms with Gasteiger partial charge in [-0.15, -0.1) is 0 Å². The zero-order chi connectivity index (χ0) is 27.0. The van der Waals surface area contributed by atoms with E-state index in [1.165, 1.54) is 18.7 Å². The van der Waals surface area contributed by atoms with Gasteiger partial charge in [0.2, 0.25) is 11.9 Å². The van der Waals surface area contributed by atoms with Gasteiger partial charge < -0.3 is 23.7 Å². The van der Waals surface area contributed by atoms with E-state index in [9.17, 15) is 9.59 Å². The Kier molecular flexibility index (Phi) is 14.7. The van der Waals surface area contributed by atoms with Gasteiger partial charge in [0.15, 0.2) is 28.9 Å². The van der Waals surface area contributed by atoms with Gasteiger partial charge in [-0.05, 0) is 26.7 Å². The van der Waals surface area contributed by atoms with E-state index in [0.29, 0.717) is 49.6 Å². The minimum absolute atomic E-state index is 0.0467. The maximum Gasteiger partial charge on any atom is 0.280 e. The molecule has 2 N–H and O–H groups in total. The molecule has 0 saturated heterocycles. The second kappa shape index (κ2) is 17.5. The van der Waals surface area contributed by atoms with Crippen LogP contribution in [0.4, 0.5) is 5.95 Å². The number of fused-ring (bicyclic) bond motifs is 1. The molecule has 2 aromatic heterocycles. The predicted octanol–water partition coefficient (Wildman–Crippen LogP) is 3.50. The van der Waals surface area contributed by atoms with Gasteiger partial charge in [-0.3, -0.25) is 24.5 Å². The van der Waals surface area contributed by atoms with Crippen LogP contribution in [-0.4, -0.2) is 76.8 Å². The van der Waals surface area contributed by atoms with Gasteiger partial charge in [-0.1, -0.05) is 38.5 Å². The van der Waals surface area contributed by atoms with Crippen molar-refractivity contribution in [2.75, 3.05) is 44.1 Å². The molecule has 210 valence electrons. The molecule has 1 amide bonds. The molecule has 0 radical (unpaired) electrons. The Hall–Kier alpha value is -2.03. The number of hydrogen-bond donors (Lipinski definition) is 2. The molecule has 0 spiro atoms. The molecule has 2 aromatic rings. The fourth-order valence-corrected chi connectivity index (χ4v) is 3.92. The molecule has 2 unspecified atom stereocenters. The number of aromatic nitrogens is 4. The lowest BCUT2D eigenvalue weighted by atomic mass is 10.4. The first-order chi connectivity index (χ1) is 17.8. The van der Waals surface area contributed by atoms with Gasteiger partial charge in [-0.25, -0.2) is 4.98 Å². The normalized spacial score (nSPS) is 13.2. The van der Waals surface area contributed by atoms with Crippen molar-refractivity contribution in [1.82, 2.24) is 19.5 Å². The van der Waals surface area contributed by atoms with E-state index in [1.807, 2.05) is 13.8 Å². The average molecular weight is 544 g/mol. The first-order valence-electron chi connectivity index (χ1n) is 12.8. The Morgan fingerprint density at radius 2 is 1.59 bits per heavy atom. The smallest absolute Gasteiger partial charge is 0.280 e. The third-order valence-corrected chi connectivity index (χ3v) is 5.97. The summed E-state index contributed by atoms with van der Waals surface area (Å²) < 4.78 is 30.0. The van der Waals surface area contributed by atoms with Gasteiger partial charge in [-0.2, -0.15) is 4.98 Å². The van der Waals surface area contributed by atoms with Crippen LogP contribution >= 0.6 is 11.8 Å². The van der Waals surface area contributed by atoms with E-state index in [0.717, 1.165) is 25.7 Å². The summed E-state index contributed by atoms with van der Waals surface area (Å²) in [6.07, 6.45) is 3.49. The van der Waals surface area contributed by atoms with Crippen molar-refractivity contribution < 1.29 is 28.5 Å². The van der Waals surface area contributed by atoms with Crippen LogP contribution in [0.5, 0.6) is 0 Å². The average Bonchev–Trinajstić information content (AvgIpc) is 3.19. The molecule has 0 aliphatic heterocycles. The van der Waals surface area contributed by atoms with E-state index >= 15 is 0 Å². The number of nitrogens with zero attached hydrogens (tertiary/aromatic N) is 3. The quantitative estimate of drug-likeness (QED) is 0.145. The van der Waals surface area contributed by atoms with E-state index in [2.05, 4.69) is 34.1 Å². The predicted molar refractivity (Wildman–Crippen MR) is 142 cm³/mol. The van der Waals surface area contributed by atoms with Crippen molar-refractivity contribution in [2.24, 2.45) is 0 Å². The number of H-pyrrole nitrogens is 1. The molecular formula is C24H41N5O7S. The maximum absolute atomic E-state index is 12.6. The SMILES string of the molecule is CCCCOC(C)OCCOCn1c(SCCOC(C)OCCCC)nc2c(=O)[nH]c(NC(C)=O)nc21. The van der Waals surface area contributed by atoms with Gasteiger partial charge >= 0.3 is 0 Å². The van der Waals surface area contributed by atoms with Gasteiger partial charge in [0, 0.05) is 25.9 Å². The molecule has 13 heteroatoms. The second-order valence-electron chi connectivity index (χ2n) is 8.30. The highest BCUT2D eigenvalue weighted by atomic mass is 32.2. The number of hydrogen-bond acceptors (Lipinski definition) is 10. The molecule has 2 atom stereocenters. The van der Waals surface area contributed by atoms with Gasteiger partial charge in [0.05, 0.1) is 19.8 Å². The van der Waals surface area contributed by atoms with Crippen molar-refractivity contribution in [1.29, 1.82) is 0 Å². The number of ether oxygens (including phenoxy) is 5. The number of nitrogens with one attached hydrogen (secondary N) is 2. The number of anilines is 1. The number of carbonyl (C=O) groups is 1. The largest absolute Gasteiger partial charge is 0.358 e. The van der Waals surface area contributed by atoms with E-state index < -0.39 is 5.56 Å². The zero-order valence-electron chi connectivity index (χ0n) is 22.5. The Morgan fingerprint density at radius 3 is 2.22 bits per heavy atom. The summed E-state index contributed by atoms with van der Waals surface area (Å²) in [5.41, 5.74) is 0.0147. The van der Waals surface area contributed by atoms with Crippen LogP contribution in [0, 0.1) is 0 Å². The van der Waals surface area contributed by atoms with Crippen LogP contribution in [0.15, 0.2) is 9.95 Å². The summed E-state index contributed by atoms with van der Waals surface area (Å²) in [4.78, 5) is 35.5. The summed E-state index contributed by atoms with van der Waals surface area (Å²) in [5, 5.41) is 3.06. The molecular weight excluding hydrogens is 502 g/mol. The Labute approximate surface area is 222 Å². The highest BCUT2D eigenvalue weighted by Crippen LogP contribution is 2.22. The summed E-state index contributed by atoms with van der Waals surface area (Å²) >= 11 is 1.41. The summed E-state index contributed by atoms with van der Waals surface area (Å²) in [6.45, 7) is 11.8. The molecule has 2 rings (SSSR count). The third kappa shape index (κ3) is 11.5. The molecule has 0 aromatic carbocycles. The molecule has 12 nitrogen and oxygen atoms in total. The van der Waals surface area contributed by atoms with Crippen LogP contribution in [0.3, 0.4) is 0 Å². The minimum Gasteiger partial charge on any atom is -0.358 e. The van der Waals surface area contributed by atoms with E-state index in [1.54, 1.807) is 4.57 Å². The Morgan fingerprint density at radius 1 is 0.973 bits per heavy atom. The second-order valence-corrected chi connectivity index (χ2v) is 9.36. The van der Waals surface area contributed by atoms with E-state index in [4.69, 9.17) is 23.7 Å². The minimum atomic E-state index is -0.454. The lowest BCUT2D eigenvalue weighted by molar-refractivity contribution is -0.142. The number of amides is 1. The van der Waals surface area contributed by atoms with Crippen LogP contribution in [-0.2, 0) is 35.2 Å². The van der Waals surface area contributed by atoms with E-state index in [-0.39, 0.29) is 36.7 Å². The zero-order valence-corrected chi connectivity index (χ0v) is 23.4. The Balaban J connectivity index is 2.01. The molecule has 0 fully saturated rings. The summed E-state index contributed by atoms with van der Waals surface area (Å²) in [6, 6.07) is 0.